The van der Waals surface area contributed by atoms with E-state index in [0.717, 1.165) is 38.5 Å². The highest BCUT2D eigenvalue weighted by molar-refractivity contribution is 6.32. The van der Waals surface area contributed by atoms with E-state index in [-0.39, 0.29) is 11.1 Å². The fourth-order valence-electron chi connectivity index (χ4n) is 3.05. The lowest BCUT2D eigenvalue weighted by atomic mass is 9.96. The molecule has 0 unspecified atom stereocenters. The van der Waals surface area contributed by atoms with Crippen LogP contribution in [0.25, 0.3) is 0 Å². The summed E-state index contributed by atoms with van der Waals surface area (Å²) in [6.07, 6.45) is 7.25. The third-order valence-corrected chi connectivity index (χ3v) is 4.76. The molecule has 2 fully saturated rings. The van der Waals surface area contributed by atoms with Crippen LogP contribution >= 0.6 is 11.6 Å². The second-order valence-electron chi connectivity index (χ2n) is 6.08. The van der Waals surface area contributed by atoms with Crippen LogP contribution in [0.3, 0.4) is 0 Å². The Morgan fingerprint density at radius 1 is 1.36 bits per heavy atom. The third kappa shape index (κ3) is 2.31. The SMILES string of the molecule is O=C(NC1(c2noc(C3CC3)n2)CCCC1)c1ccoc1Cl. The molecule has 22 heavy (non-hydrogen) atoms. The smallest absolute Gasteiger partial charge is 0.256 e. The molecule has 2 aliphatic carbocycles. The molecule has 7 heteroatoms. The molecule has 1 N–H and O–H groups in total. The molecule has 6 nitrogen and oxygen atoms in total. The lowest BCUT2D eigenvalue weighted by Gasteiger charge is -2.26. The zero-order valence-corrected chi connectivity index (χ0v) is 12.7. The number of nitrogens with one attached hydrogen (secondary N) is 1. The van der Waals surface area contributed by atoms with Gasteiger partial charge in [0, 0.05) is 5.92 Å². The lowest BCUT2D eigenvalue weighted by Crippen LogP contribution is -2.44. The van der Waals surface area contributed by atoms with E-state index in [2.05, 4.69) is 15.5 Å². The third-order valence-electron chi connectivity index (χ3n) is 4.47. The molecule has 0 radical (unpaired) electrons. The zero-order chi connectivity index (χ0) is 15.2. The number of carbonyl (C=O) groups excluding carboxylic acids is 1. The second-order valence-corrected chi connectivity index (χ2v) is 6.43. The summed E-state index contributed by atoms with van der Waals surface area (Å²) in [7, 11) is 0. The van der Waals surface area contributed by atoms with E-state index < -0.39 is 5.54 Å². The topological polar surface area (TPSA) is 81.2 Å². The fourth-order valence-corrected chi connectivity index (χ4v) is 3.25. The minimum Gasteiger partial charge on any atom is -0.452 e. The number of furan rings is 1. The van der Waals surface area contributed by atoms with E-state index in [1.807, 2.05) is 0 Å². The molecule has 0 saturated heterocycles. The maximum absolute atomic E-state index is 12.5. The first-order valence-corrected chi connectivity index (χ1v) is 7.95. The van der Waals surface area contributed by atoms with Gasteiger partial charge in [-0.2, -0.15) is 4.98 Å². The first-order valence-electron chi connectivity index (χ1n) is 7.57. The molecular formula is C15H16ClN3O3. The number of hydrogen-bond donors (Lipinski definition) is 1. The zero-order valence-electron chi connectivity index (χ0n) is 12.0. The Bertz CT molecular complexity index is 698. The predicted molar refractivity (Wildman–Crippen MR) is 77.6 cm³/mol. The number of hydrogen-bond acceptors (Lipinski definition) is 5. The van der Waals surface area contributed by atoms with Gasteiger partial charge in [-0.25, -0.2) is 0 Å². The van der Waals surface area contributed by atoms with Crippen LogP contribution < -0.4 is 5.32 Å². The van der Waals surface area contributed by atoms with Crippen molar-refractivity contribution in [2.75, 3.05) is 0 Å². The minimum atomic E-state index is -0.561. The van der Waals surface area contributed by atoms with Gasteiger partial charge in [0.05, 0.1) is 11.8 Å². The number of carbonyl (C=O) groups is 1. The van der Waals surface area contributed by atoms with Gasteiger partial charge in [-0.1, -0.05) is 18.0 Å². The Morgan fingerprint density at radius 3 is 2.77 bits per heavy atom. The highest BCUT2D eigenvalue weighted by Crippen LogP contribution is 2.42. The number of aromatic nitrogens is 2. The molecule has 0 spiro atoms. The molecule has 4 rings (SSSR count). The van der Waals surface area contributed by atoms with E-state index in [1.165, 1.54) is 6.26 Å². The van der Waals surface area contributed by atoms with E-state index in [0.29, 0.717) is 23.2 Å². The van der Waals surface area contributed by atoms with Crippen molar-refractivity contribution in [3.05, 3.63) is 34.8 Å². The molecule has 0 atom stereocenters. The summed E-state index contributed by atoms with van der Waals surface area (Å²) in [5.41, 5.74) is -0.229. The average Bonchev–Trinajstić information content (AvgIpc) is 2.94. The normalized spacial score (nSPS) is 20.2. The predicted octanol–water partition coefficient (Wildman–Crippen LogP) is 3.39. The molecule has 0 aliphatic heterocycles. The summed E-state index contributed by atoms with van der Waals surface area (Å²) >= 11 is 5.89. The summed E-state index contributed by atoms with van der Waals surface area (Å²) in [6, 6.07) is 1.56. The lowest BCUT2D eigenvalue weighted by molar-refractivity contribution is 0.0891. The number of nitrogens with zero attached hydrogens (tertiary/aromatic N) is 2. The van der Waals surface area contributed by atoms with Crippen molar-refractivity contribution < 1.29 is 13.7 Å². The maximum Gasteiger partial charge on any atom is 0.256 e. The number of amides is 1. The average molecular weight is 322 g/mol. The van der Waals surface area contributed by atoms with Gasteiger partial charge in [0.2, 0.25) is 11.1 Å². The highest BCUT2D eigenvalue weighted by atomic mass is 35.5. The van der Waals surface area contributed by atoms with Gasteiger partial charge in [0.1, 0.15) is 5.54 Å². The van der Waals surface area contributed by atoms with Gasteiger partial charge < -0.3 is 14.3 Å². The van der Waals surface area contributed by atoms with Crippen LogP contribution in [0.5, 0.6) is 0 Å². The molecule has 2 aromatic heterocycles. The largest absolute Gasteiger partial charge is 0.452 e. The Morgan fingerprint density at radius 2 is 2.14 bits per heavy atom. The monoisotopic (exact) mass is 321 g/mol. The maximum atomic E-state index is 12.5. The molecule has 0 bridgehead atoms. The Balaban J connectivity index is 1.61. The van der Waals surface area contributed by atoms with Crippen molar-refractivity contribution >= 4 is 17.5 Å². The van der Waals surface area contributed by atoms with Crippen molar-refractivity contribution in [1.29, 1.82) is 0 Å². The summed E-state index contributed by atoms with van der Waals surface area (Å²) in [5, 5.41) is 7.28. The Kier molecular flexibility index (Phi) is 3.22. The quantitative estimate of drug-likeness (QED) is 0.933. The van der Waals surface area contributed by atoms with Crippen molar-refractivity contribution in [3.63, 3.8) is 0 Å². The van der Waals surface area contributed by atoms with Gasteiger partial charge >= 0.3 is 0 Å². The molecule has 2 aliphatic rings. The molecule has 2 saturated carbocycles. The van der Waals surface area contributed by atoms with Crippen LogP contribution in [0.15, 0.2) is 21.3 Å². The first-order chi connectivity index (χ1) is 10.7. The van der Waals surface area contributed by atoms with Crippen LogP contribution in [0.4, 0.5) is 0 Å². The van der Waals surface area contributed by atoms with Crippen molar-refractivity contribution in [2.24, 2.45) is 0 Å². The van der Waals surface area contributed by atoms with Crippen molar-refractivity contribution in [2.45, 2.75) is 50.0 Å². The molecule has 116 valence electrons. The molecular weight excluding hydrogens is 306 g/mol. The van der Waals surface area contributed by atoms with Gasteiger partial charge in [0.25, 0.3) is 5.91 Å². The van der Waals surface area contributed by atoms with E-state index in [9.17, 15) is 4.79 Å². The number of rotatable bonds is 4. The van der Waals surface area contributed by atoms with Crippen LogP contribution in [0.1, 0.15) is 66.5 Å². The van der Waals surface area contributed by atoms with Gasteiger partial charge in [0.15, 0.2) is 5.82 Å². The highest BCUT2D eigenvalue weighted by Gasteiger charge is 2.43. The Hall–Kier alpha value is -1.82. The summed E-state index contributed by atoms with van der Waals surface area (Å²) in [4.78, 5) is 17.0. The standard InChI is InChI=1S/C15H16ClN3O3/c16-11-10(5-8-21-11)12(20)18-15(6-1-2-7-15)14-17-13(22-19-14)9-3-4-9/h5,8-9H,1-4,6-7H2,(H,18,20). The van der Waals surface area contributed by atoms with Crippen molar-refractivity contribution in [1.82, 2.24) is 15.5 Å². The van der Waals surface area contributed by atoms with Crippen LogP contribution in [-0.4, -0.2) is 16.0 Å². The summed E-state index contributed by atoms with van der Waals surface area (Å²) in [5.74, 6) is 1.41. The summed E-state index contributed by atoms with van der Waals surface area (Å²) < 4.78 is 10.4. The molecule has 2 heterocycles. The number of halogens is 1. The molecule has 1 amide bonds. The van der Waals surface area contributed by atoms with E-state index >= 15 is 0 Å². The van der Waals surface area contributed by atoms with Crippen molar-refractivity contribution in [3.8, 4) is 0 Å². The van der Waals surface area contributed by atoms with E-state index in [4.69, 9.17) is 20.5 Å². The summed E-state index contributed by atoms with van der Waals surface area (Å²) in [6.45, 7) is 0. The van der Waals surface area contributed by atoms with Gasteiger partial charge in [-0.15, -0.1) is 0 Å². The first kappa shape index (κ1) is 13.8. The van der Waals surface area contributed by atoms with Gasteiger partial charge in [-0.05, 0) is 43.4 Å². The Labute approximate surface area is 132 Å². The van der Waals surface area contributed by atoms with Crippen LogP contribution in [0.2, 0.25) is 5.22 Å². The van der Waals surface area contributed by atoms with Crippen LogP contribution in [-0.2, 0) is 5.54 Å². The second kappa shape index (κ2) is 5.12. The van der Waals surface area contributed by atoms with E-state index in [1.54, 1.807) is 6.07 Å². The molecule has 0 aromatic carbocycles. The van der Waals surface area contributed by atoms with Gasteiger partial charge in [-0.3, -0.25) is 4.79 Å². The molecule has 2 aromatic rings. The minimum absolute atomic E-state index is 0.0948. The van der Waals surface area contributed by atoms with Crippen LogP contribution in [0, 0.1) is 0 Å². The fraction of sp³-hybridized carbons (Fsp3) is 0.533.